The molecule has 3 fully saturated rings. The van der Waals surface area contributed by atoms with Crippen molar-refractivity contribution < 1.29 is 48.0 Å². The Morgan fingerprint density at radius 2 is 1.56 bits per heavy atom. The molecule has 1 N–H and O–H groups in total. The maximum absolute atomic E-state index is 13.1. The second-order valence-corrected chi connectivity index (χ2v) is 13.7. The minimum atomic E-state index is -1.25. The number of hydrogen-bond donors (Lipinski definition) is 1. The van der Waals surface area contributed by atoms with Gasteiger partial charge in [-0.1, -0.05) is 51.1 Å². The van der Waals surface area contributed by atoms with Crippen LogP contribution in [0.2, 0.25) is 0 Å². The van der Waals surface area contributed by atoms with Crippen molar-refractivity contribution in [1.29, 1.82) is 0 Å². The van der Waals surface area contributed by atoms with Gasteiger partial charge in [0.1, 0.15) is 36.1 Å². The molecule has 1 saturated heterocycles. The van der Waals surface area contributed by atoms with E-state index < -0.39 is 82.7 Å². The van der Waals surface area contributed by atoms with Gasteiger partial charge >= 0.3 is 23.9 Å². The van der Waals surface area contributed by atoms with Gasteiger partial charge in [-0.25, -0.2) is 4.79 Å². The second kappa shape index (κ2) is 12.0. The molecule has 2 saturated carbocycles. The molecule has 1 aromatic rings. The molecule has 45 heavy (non-hydrogen) atoms. The van der Waals surface area contributed by atoms with Crippen LogP contribution in [0.15, 0.2) is 47.6 Å². The van der Waals surface area contributed by atoms with Gasteiger partial charge in [0.2, 0.25) is 0 Å². The van der Waals surface area contributed by atoms with Gasteiger partial charge in [0.05, 0.1) is 6.61 Å². The summed E-state index contributed by atoms with van der Waals surface area (Å²) in [5.74, 6) is -3.20. The molecule has 1 spiro atoms. The number of ether oxygens (including phenoxy) is 5. The Bertz CT molecular complexity index is 1410. The lowest BCUT2D eigenvalue weighted by Crippen LogP contribution is -2.68. The standard InChI is InChI=1S/C35H44O10/c1-19-25(42-20(2)36)17-24-30(43-21(3)37)31-34(7,32(44-22(4)38)29(40)28(19)33(24,5)6)16-15-26(35(31)18-41-35)45-27(39)14-13-23-11-9-8-10-12-23/h8-14,24-26,29-32,40H,15-18H2,1-7H3/b14-13+/t24-,25-,26-,29+,30+,31-,32-,34+,35-/m0/s1. The molecule has 10 heteroatoms. The smallest absolute Gasteiger partial charge is 0.331 e. The number of fused-ring (bicyclic) bond motifs is 4. The van der Waals surface area contributed by atoms with Crippen LogP contribution in [-0.2, 0) is 42.9 Å². The molecule has 10 nitrogen and oxygen atoms in total. The van der Waals surface area contributed by atoms with Gasteiger partial charge in [0, 0.05) is 44.1 Å². The highest BCUT2D eigenvalue weighted by molar-refractivity contribution is 5.87. The zero-order valence-electron chi connectivity index (χ0n) is 27.0. The Kier molecular flexibility index (Phi) is 8.78. The first-order chi connectivity index (χ1) is 21.1. The number of carbonyl (C=O) groups excluding carboxylic acids is 4. The Balaban J connectivity index is 1.63. The SMILES string of the molecule is CC(=O)O[C@@H]1[C@@H]2C[C@H](OC(C)=O)C(C)=C([C@@H](O)[C@H](OC(C)=O)[C@]3(C)CC[C@H](OC(=O)/C=C/c4ccccc4)[C@@]4(CO4)[C@@H]13)C2(C)C. The molecule has 1 aromatic carbocycles. The Hall–Kier alpha value is -3.50. The topological polar surface area (TPSA) is 138 Å². The van der Waals surface area contributed by atoms with Gasteiger partial charge in [-0.3, -0.25) is 14.4 Å². The van der Waals surface area contributed by atoms with Crippen LogP contribution in [0.4, 0.5) is 0 Å². The average Bonchev–Trinajstić information content (AvgIpc) is 3.73. The quantitative estimate of drug-likeness (QED) is 0.160. The summed E-state index contributed by atoms with van der Waals surface area (Å²) in [5, 5.41) is 12.2. The van der Waals surface area contributed by atoms with E-state index in [0.717, 1.165) is 5.56 Å². The lowest BCUT2D eigenvalue weighted by atomic mass is 9.48. The molecule has 2 bridgehead atoms. The molecule has 0 unspecified atom stereocenters. The van der Waals surface area contributed by atoms with E-state index in [1.165, 1.54) is 26.8 Å². The molecule has 0 aromatic heterocycles. The van der Waals surface area contributed by atoms with Gasteiger partial charge < -0.3 is 28.8 Å². The van der Waals surface area contributed by atoms with Crippen molar-refractivity contribution in [2.45, 2.75) is 104 Å². The maximum Gasteiger partial charge on any atom is 0.331 e. The van der Waals surface area contributed by atoms with Crippen LogP contribution in [0.1, 0.15) is 73.3 Å². The average molecular weight is 625 g/mol. The van der Waals surface area contributed by atoms with Crippen molar-refractivity contribution in [3.63, 3.8) is 0 Å². The number of carbonyl (C=O) groups is 4. The lowest BCUT2D eigenvalue weighted by molar-refractivity contribution is -0.225. The summed E-state index contributed by atoms with van der Waals surface area (Å²) in [6.07, 6.45) is -0.383. The van der Waals surface area contributed by atoms with Gasteiger partial charge in [-0.05, 0) is 54.4 Å². The molecule has 244 valence electrons. The number of esters is 4. The minimum Gasteiger partial charge on any atom is -0.462 e. The highest BCUT2D eigenvalue weighted by atomic mass is 16.6. The zero-order valence-corrected chi connectivity index (χ0v) is 27.0. The van der Waals surface area contributed by atoms with E-state index >= 15 is 0 Å². The number of epoxide rings is 1. The van der Waals surface area contributed by atoms with Crippen molar-refractivity contribution in [2.75, 3.05) is 6.61 Å². The largest absolute Gasteiger partial charge is 0.462 e. The van der Waals surface area contributed by atoms with Crippen LogP contribution in [0.3, 0.4) is 0 Å². The zero-order chi connectivity index (χ0) is 32.9. The maximum atomic E-state index is 13.1. The van der Waals surface area contributed by atoms with Crippen LogP contribution in [0.25, 0.3) is 6.08 Å². The molecular weight excluding hydrogens is 580 g/mol. The van der Waals surface area contributed by atoms with Crippen LogP contribution < -0.4 is 0 Å². The fraction of sp³-hybridized carbons (Fsp3) is 0.600. The second-order valence-electron chi connectivity index (χ2n) is 13.7. The predicted molar refractivity (Wildman–Crippen MR) is 162 cm³/mol. The molecule has 1 aliphatic heterocycles. The first-order valence-corrected chi connectivity index (χ1v) is 15.6. The van der Waals surface area contributed by atoms with Crippen molar-refractivity contribution in [3.8, 4) is 0 Å². The normalized spacial score (nSPS) is 36.8. The third kappa shape index (κ3) is 5.94. The van der Waals surface area contributed by atoms with Gasteiger partial charge in [0.25, 0.3) is 0 Å². The fourth-order valence-corrected chi connectivity index (χ4v) is 8.63. The van der Waals surface area contributed by atoms with E-state index in [1.54, 1.807) is 6.08 Å². The van der Waals surface area contributed by atoms with Crippen molar-refractivity contribution >= 4 is 30.0 Å². The summed E-state index contributed by atoms with van der Waals surface area (Å²) in [5.41, 5.74) is -0.681. The van der Waals surface area contributed by atoms with Crippen LogP contribution >= 0.6 is 0 Å². The first-order valence-electron chi connectivity index (χ1n) is 15.6. The Labute approximate surface area is 264 Å². The molecular formula is C35H44O10. The minimum absolute atomic E-state index is 0.219. The Morgan fingerprint density at radius 1 is 0.933 bits per heavy atom. The van der Waals surface area contributed by atoms with Crippen LogP contribution in [-0.4, -0.2) is 71.7 Å². The monoisotopic (exact) mass is 624 g/mol. The van der Waals surface area contributed by atoms with E-state index in [1.807, 2.05) is 58.0 Å². The molecule has 3 aliphatic carbocycles. The van der Waals surface area contributed by atoms with Crippen molar-refractivity contribution in [2.24, 2.45) is 22.7 Å². The third-order valence-corrected chi connectivity index (χ3v) is 10.5. The first kappa shape index (κ1) is 32.9. The number of aliphatic hydroxyl groups is 1. The van der Waals surface area contributed by atoms with Gasteiger partial charge in [-0.2, -0.15) is 0 Å². The van der Waals surface area contributed by atoms with Gasteiger partial charge in [-0.15, -0.1) is 0 Å². The summed E-state index contributed by atoms with van der Waals surface area (Å²) >= 11 is 0. The van der Waals surface area contributed by atoms with E-state index in [0.29, 0.717) is 30.4 Å². The van der Waals surface area contributed by atoms with Crippen LogP contribution in [0, 0.1) is 22.7 Å². The molecule has 1 heterocycles. The summed E-state index contributed by atoms with van der Waals surface area (Å²) in [4.78, 5) is 50.8. The number of hydrogen-bond acceptors (Lipinski definition) is 10. The van der Waals surface area contributed by atoms with E-state index in [4.69, 9.17) is 23.7 Å². The third-order valence-electron chi connectivity index (χ3n) is 10.5. The molecule has 0 amide bonds. The van der Waals surface area contributed by atoms with E-state index in [-0.39, 0.29) is 6.61 Å². The predicted octanol–water partition coefficient (Wildman–Crippen LogP) is 4.33. The Morgan fingerprint density at radius 3 is 2.13 bits per heavy atom. The fourth-order valence-electron chi connectivity index (χ4n) is 8.63. The van der Waals surface area contributed by atoms with Crippen LogP contribution in [0.5, 0.6) is 0 Å². The highest BCUT2D eigenvalue weighted by Gasteiger charge is 2.74. The summed E-state index contributed by atoms with van der Waals surface area (Å²) in [6, 6.07) is 9.38. The molecule has 5 rings (SSSR count). The number of rotatable bonds is 6. The summed E-state index contributed by atoms with van der Waals surface area (Å²) < 4.78 is 30.3. The van der Waals surface area contributed by atoms with Gasteiger partial charge in [0.15, 0.2) is 0 Å². The van der Waals surface area contributed by atoms with Crippen molar-refractivity contribution in [3.05, 3.63) is 53.1 Å². The molecule has 9 atom stereocenters. The van der Waals surface area contributed by atoms with E-state index in [9.17, 15) is 24.3 Å². The highest BCUT2D eigenvalue weighted by Crippen LogP contribution is 2.65. The number of aliphatic hydroxyl groups excluding tert-OH is 1. The van der Waals surface area contributed by atoms with Crippen molar-refractivity contribution in [1.82, 2.24) is 0 Å². The summed E-state index contributed by atoms with van der Waals surface area (Å²) in [7, 11) is 0. The summed E-state index contributed by atoms with van der Waals surface area (Å²) in [6.45, 7) is 11.8. The lowest BCUT2D eigenvalue weighted by Gasteiger charge is -2.60. The van der Waals surface area contributed by atoms with E-state index in [2.05, 4.69) is 0 Å². The number of benzene rings is 1. The molecule has 4 aliphatic rings. The molecule has 0 radical (unpaired) electrons.